The number of Topliss-reactive ketones (excluding diaryl/α,β-unsaturated/α-hetero) is 1. The summed E-state index contributed by atoms with van der Waals surface area (Å²) < 4.78 is 10.7. The summed E-state index contributed by atoms with van der Waals surface area (Å²) >= 11 is 0. The monoisotopic (exact) mass is 334 g/mol. The quantitative estimate of drug-likeness (QED) is 0.577. The Morgan fingerprint density at radius 1 is 1.17 bits per heavy atom. The Bertz CT molecular complexity index is 601. The summed E-state index contributed by atoms with van der Waals surface area (Å²) in [5.74, 6) is 1.24. The van der Waals surface area contributed by atoms with E-state index in [4.69, 9.17) is 9.47 Å². The van der Waals surface area contributed by atoms with Crippen LogP contribution in [0.4, 0.5) is 0 Å². The van der Waals surface area contributed by atoms with Gasteiger partial charge in [-0.1, -0.05) is 0 Å². The first-order valence-corrected chi connectivity index (χ1v) is 8.25. The van der Waals surface area contributed by atoms with Gasteiger partial charge in [-0.25, -0.2) is 0 Å². The lowest BCUT2D eigenvalue weighted by Crippen LogP contribution is -2.34. The number of hydrogen-bond acceptors (Lipinski definition) is 5. The van der Waals surface area contributed by atoms with E-state index in [1.54, 1.807) is 14.2 Å². The number of ketones is 1. The van der Waals surface area contributed by atoms with Gasteiger partial charge in [-0.15, -0.1) is 0 Å². The van der Waals surface area contributed by atoms with Gasteiger partial charge in [-0.05, 0) is 43.0 Å². The standard InChI is InChI=1S/C18H26N2O4/c1-13(21)9-18(22)19-6-4-7-20-8-5-14-10-16(23-2)17(24-3)11-15(14)12-20/h10-11H,4-9,12H2,1-3H3,(H,19,22). The number of carbonyl (C=O) groups excluding carboxylic acids is 2. The van der Waals surface area contributed by atoms with E-state index < -0.39 is 0 Å². The Kier molecular flexibility index (Phi) is 6.61. The molecule has 0 bridgehead atoms. The molecule has 0 fully saturated rings. The molecule has 1 aliphatic rings. The summed E-state index contributed by atoms with van der Waals surface area (Å²) in [5.41, 5.74) is 2.57. The Morgan fingerprint density at radius 3 is 2.46 bits per heavy atom. The smallest absolute Gasteiger partial charge is 0.227 e. The highest BCUT2D eigenvalue weighted by Crippen LogP contribution is 2.33. The number of rotatable bonds is 8. The fourth-order valence-electron chi connectivity index (χ4n) is 2.95. The van der Waals surface area contributed by atoms with Crippen molar-refractivity contribution in [3.8, 4) is 11.5 Å². The van der Waals surface area contributed by atoms with Gasteiger partial charge in [0.25, 0.3) is 0 Å². The van der Waals surface area contributed by atoms with E-state index in [1.807, 2.05) is 0 Å². The maximum Gasteiger partial charge on any atom is 0.227 e. The molecule has 6 nitrogen and oxygen atoms in total. The van der Waals surface area contributed by atoms with Crippen LogP contribution in [0.25, 0.3) is 0 Å². The molecular weight excluding hydrogens is 308 g/mol. The Morgan fingerprint density at radius 2 is 1.83 bits per heavy atom. The highest BCUT2D eigenvalue weighted by Gasteiger charge is 2.19. The molecule has 1 aromatic rings. The summed E-state index contributed by atoms with van der Waals surface area (Å²) in [5, 5.41) is 2.78. The first-order chi connectivity index (χ1) is 11.5. The first-order valence-electron chi connectivity index (χ1n) is 8.25. The van der Waals surface area contributed by atoms with Crippen LogP contribution in [0.15, 0.2) is 12.1 Å². The number of carbonyl (C=O) groups is 2. The molecular formula is C18H26N2O4. The predicted octanol–water partition coefficient (Wildman–Crippen LogP) is 1.55. The second-order valence-electron chi connectivity index (χ2n) is 6.08. The van der Waals surface area contributed by atoms with Crippen molar-refractivity contribution in [3.63, 3.8) is 0 Å². The lowest BCUT2D eigenvalue weighted by molar-refractivity contribution is -0.127. The van der Waals surface area contributed by atoms with Crippen LogP contribution < -0.4 is 14.8 Å². The van der Waals surface area contributed by atoms with Crippen LogP contribution in [0.3, 0.4) is 0 Å². The zero-order valence-electron chi connectivity index (χ0n) is 14.7. The molecule has 24 heavy (non-hydrogen) atoms. The first kappa shape index (κ1) is 18.3. The van der Waals surface area contributed by atoms with Crippen LogP contribution >= 0.6 is 0 Å². The van der Waals surface area contributed by atoms with Gasteiger partial charge in [0.05, 0.1) is 20.6 Å². The van der Waals surface area contributed by atoms with Crippen LogP contribution in [0, 0.1) is 0 Å². The molecule has 0 spiro atoms. The van der Waals surface area contributed by atoms with Gasteiger partial charge in [0.15, 0.2) is 11.5 Å². The van der Waals surface area contributed by atoms with Crippen LogP contribution in [-0.2, 0) is 22.6 Å². The number of methoxy groups -OCH3 is 2. The molecule has 0 aromatic heterocycles. The van der Waals surface area contributed by atoms with Gasteiger partial charge in [-0.3, -0.25) is 14.5 Å². The van der Waals surface area contributed by atoms with Crippen molar-refractivity contribution in [2.45, 2.75) is 32.7 Å². The summed E-state index contributed by atoms with van der Waals surface area (Å²) in [7, 11) is 3.30. The number of amides is 1. The fraction of sp³-hybridized carbons (Fsp3) is 0.556. The third-order valence-corrected chi connectivity index (χ3v) is 4.18. The Balaban J connectivity index is 1.82. The number of ether oxygens (including phenoxy) is 2. The van der Waals surface area contributed by atoms with E-state index in [-0.39, 0.29) is 18.1 Å². The molecule has 6 heteroatoms. The summed E-state index contributed by atoms with van der Waals surface area (Å²) in [6.45, 7) is 4.80. The molecule has 1 amide bonds. The van der Waals surface area contributed by atoms with Crippen LogP contribution in [-0.4, -0.2) is 50.4 Å². The third-order valence-electron chi connectivity index (χ3n) is 4.18. The number of benzene rings is 1. The van der Waals surface area contributed by atoms with Crippen LogP contribution in [0.1, 0.15) is 30.9 Å². The lowest BCUT2D eigenvalue weighted by Gasteiger charge is -2.29. The molecule has 1 aromatic carbocycles. The van der Waals surface area contributed by atoms with Crippen molar-refractivity contribution >= 4 is 11.7 Å². The number of hydrogen-bond donors (Lipinski definition) is 1. The zero-order chi connectivity index (χ0) is 17.5. The topological polar surface area (TPSA) is 67.9 Å². The molecule has 1 N–H and O–H groups in total. The van der Waals surface area contributed by atoms with Gasteiger partial charge in [0.1, 0.15) is 5.78 Å². The SMILES string of the molecule is COc1cc2c(cc1OC)CN(CCCNC(=O)CC(C)=O)CC2. The van der Waals surface area contributed by atoms with E-state index in [2.05, 4.69) is 22.3 Å². The molecule has 2 rings (SSSR count). The van der Waals surface area contributed by atoms with Crippen molar-refractivity contribution in [1.82, 2.24) is 10.2 Å². The van der Waals surface area contributed by atoms with Gasteiger partial charge in [0.2, 0.25) is 5.91 Å². The Hall–Kier alpha value is -2.08. The largest absolute Gasteiger partial charge is 0.493 e. The summed E-state index contributed by atoms with van der Waals surface area (Å²) in [6.07, 6.45) is 1.82. The van der Waals surface area contributed by atoms with Crippen molar-refractivity contribution in [2.24, 2.45) is 0 Å². The molecule has 0 unspecified atom stereocenters. The van der Waals surface area contributed by atoms with Crippen molar-refractivity contribution in [2.75, 3.05) is 33.9 Å². The number of nitrogens with zero attached hydrogens (tertiary/aromatic N) is 1. The second-order valence-corrected chi connectivity index (χ2v) is 6.08. The molecule has 1 aliphatic heterocycles. The third kappa shape index (κ3) is 4.96. The minimum atomic E-state index is -0.191. The van der Waals surface area contributed by atoms with Crippen LogP contribution in [0.2, 0.25) is 0 Å². The number of nitrogens with one attached hydrogen (secondary N) is 1. The molecule has 1 heterocycles. The minimum Gasteiger partial charge on any atom is -0.493 e. The normalized spacial score (nSPS) is 14.0. The minimum absolute atomic E-state index is 0.0291. The fourth-order valence-corrected chi connectivity index (χ4v) is 2.95. The average molecular weight is 334 g/mol. The van der Waals surface area contributed by atoms with Gasteiger partial charge < -0.3 is 14.8 Å². The molecule has 0 atom stereocenters. The molecule has 0 saturated carbocycles. The molecule has 132 valence electrons. The molecule has 0 saturated heterocycles. The van der Waals surface area contributed by atoms with E-state index in [9.17, 15) is 9.59 Å². The number of fused-ring (bicyclic) bond motifs is 1. The van der Waals surface area contributed by atoms with Gasteiger partial charge in [0, 0.05) is 26.2 Å². The van der Waals surface area contributed by atoms with E-state index in [0.29, 0.717) is 6.54 Å². The average Bonchev–Trinajstić information content (AvgIpc) is 2.56. The summed E-state index contributed by atoms with van der Waals surface area (Å²) in [6, 6.07) is 4.11. The van der Waals surface area contributed by atoms with Crippen LogP contribution in [0.5, 0.6) is 11.5 Å². The lowest BCUT2D eigenvalue weighted by atomic mass is 9.98. The predicted molar refractivity (Wildman–Crippen MR) is 91.5 cm³/mol. The van der Waals surface area contributed by atoms with Crippen molar-refractivity contribution in [3.05, 3.63) is 23.3 Å². The van der Waals surface area contributed by atoms with E-state index in [0.717, 1.165) is 44.0 Å². The van der Waals surface area contributed by atoms with Gasteiger partial charge >= 0.3 is 0 Å². The van der Waals surface area contributed by atoms with E-state index in [1.165, 1.54) is 18.1 Å². The Labute approximate surface area is 143 Å². The van der Waals surface area contributed by atoms with E-state index >= 15 is 0 Å². The van der Waals surface area contributed by atoms with Crippen molar-refractivity contribution < 1.29 is 19.1 Å². The molecule has 0 aliphatic carbocycles. The highest BCUT2D eigenvalue weighted by atomic mass is 16.5. The maximum absolute atomic E-state index is 11.4. The summed E-state index contributed by atoms with van der Waals surface area (Å²) in [4.78, 5) is 24.7. The van der Waals surface area contributed by atoms with Gasteiger partial charge in [-0.2, -0.15) is 0 Å². The maximum atomic E-state index is 11.4. The zero-order valence-corrected chi connectivity index (χ0v) is 14.7. The highest BCUT2D eigenvalue weighted by molar-refractivity contribution is 5.96. The second kappa shape index (κ2) is 8.68. The van der Waals surface area contributed by atoms with Crippen molar-refractivity contribution in [1.29, 1.82) is 0 Å². The molecule has 0 radical (unpaired) electrons.